The Balaban J connectivity index is 2.02. The third-order valence-electron chi connectivity index (χ3n) is 3.14. The van der Waals surface area contributed by atoms with Gasteiger partial charge in [0, 0.05) is 31.6 Å². The molecule has 2 heterocycles. The molecule has 18 heavy (non-hydrogen) atoms. The summed E-state index contributed by atoms with van der Waals surface area (Å²) in [6.07, 6.45) is 3.91. The van der Waals surface area contributed by atoms with Crippen LogP contribution in [0, 0.1) is 0 Å². The molecule has 1 unspecified atom stereocenters. The summed E-state index contributed by atoms with van der Waals surface area (Å²) in [7, 11) is 1.85. The van der Waals surface area contributed by atoms with Crippen molar-refractivity contribution in [3.05, 3.63) is 11.9 Å². The fourth-order valence-corrected chi connectivity index (χ4v) is 2.17. The molecular weight excluding hydrogens is 230 g/mol. The van der Waals surface area contributed by atoms with Gasteiger partial charge in [0.25, 0.3) is 0 Å². The monoisotopic (exact) mass is 249 g/mol. The lowest BCUT2D eigenvalue weighted by Gasteiger charge is -2.15. The second-order valence-electron chi connectivity index (χ2n) is 4.34. The van der Waals surface area contributed by atoms with Crippen LogP contribution in [0.3, 0.4) is 0 Å². The summed E-state index contributed by atoms with van der Waals surface area (Å²) in [6, 6.07) is 0.204. The topological polar surface area (TPSA) is 78.9 Å². The normalized spacial score (nSPS) is 18.6. The van der Waals surface area contributed by atoms with E-state index < -0.39 is 0 Å². The molecular formula is C12H19N5O. The zero-order valence-electron chi connectivity index (χ0n) is 10.8. The Bertz CT molecular complexity index is 434. The molecule has 2 rings (SSSR count). The van der Waals surface area contributed by atoms with Gasteiger partial charge >= 0.3 is 0 Å². The number of aromatic nitrogens is 2. The van der Waals surface area contributed by atoms with Crippen molar-refractivity contribution in [2.24, 2.45) is 0 Å². The van der Waals surface area contributed by atoms with Crippen molar-refractivity contribution in [2.75, 3.05) is 24.2 Å². The number of nitrogens with one attached hydrogen (secondary N) is 3. The van der Waals surface area contributed by atoms with Gasteiger partial charge in [0.05, 0.1) is 0 Å². The Morgan fingerprint density at radius 3 is 2.83 bits per heavy atom. The van der Waals surface area contributed by atoms with Crippen LogP contribution < -0.4 is 16.0 Å². The maximum Gasteiger partial charge on any atom is 0.220 e. The van der Waals surface area contributed by atoms with E-state index in [2.05, 4.69) is 32.8 Å². The summed E-state index contributed by atoms with van der Waals surface area (Å²) in [5.74, 6) is 1.83. The highest BCUT2D eigenvalue weighted by Gasteiger charge is 2.20. The molecule has 1 aliphatic rings. The first-order valence-corrected chi connectivity index (χ1v) is 6.29. The summed E-state index contributed by atoms with van der Waals surface area (Å²) >= 11 is 0. The number of hydrogen-bond acceptors (Lipinski definition) is 5. The molecule has 1 aromatic rings. The molecule has 1 saturated heterocycles. The molecule has 0 bridgehead atoms. The van der Waals surface area contributed by atoms with Gasteiger partial charge in [-0.1, -0.05) is 6.92 Å². The zero-order chi connectivity index (χ0) is 13.0. The lowest BCUT2D eigenvalue weighted by Crippen LogP contribution is -2.32. The third kappa shape index (κ3) is 2.69. The maximum atomic E-state index is 11.1. The van der Waals surface area contributed by atoms with Crippen molar-refractivity contribution in [1.29, 1.82) is 0 Å². The smallest absolute Gasteiger partial charge is 0.220 e. The van der Waals surface area contributed by atoms with Crippen LogP contribution >= 0.6 is 0 Å². The van der Waals surface area contributed by atoms with Gasteiger partial charge in [-0.15, -0.1) is 0 Å². The Morgan fingerprint density at radius 1 is 1.44 bits per heavy atom. The van der Waals surface area contributed by atoms with Crippen molar-refractivity contribution in [3.8, 4) is 0 Å². The number of carbonyl (C=O) groups is 1. The Morgan fingerprint density at radius 2 is 2.22 bits per heavy atom. The van der Waals surface area contributed by atoms with E-state index in [9.17, 15) is 4.79 Å². The van der Waals surface area contributed by atoms with E-state index in [-0.39, 0.29) is 11.9 Å². The maximum absolute atomic E-state index is 11.1. The van der Waals surface area contributed by atoms with Crippen molar-refractivity contribution in [2.45, 2.75) is 32.2 Å². The lowest BCUT2D eigenvalue weighted by molar-refractivity contribution is -0.119. The summed E-state index contributed by atoms with van der Waals surface area (Å²) in [5, 5.41) is 9.29. The van der Waals surface area contributed by atoms with Crippen molar-refractivity contribution >= 4 is 17.5 Å². The molecule has 0 saturated carbocycles. The van der Waals surface area contributed by atoms with Crippen LogP contribution in [0.2, 0.25) is 0 Å². The van der Waals surface area contributed by atoms with E-state index >= 15 is 0 Å². The number of carbonyl (C=O) groups excluding carboxylic acids is 1. The van der Waals surface area contributed by atoms with E-state index in [4.69, 9.17) is 0 Å². The van der Waals surface area contributed by atoms with Gasteiger partial charge in [-0.3, -0.25) is 4.79 Å². The predicted octanol–water partition coefficient (Wildman–Crippen LogP) is 0.771. The van der Waals surface area contributed by atoms with Gasteiger partial charge in [-0.05, 0) is 12.8 Å². The van der Waals surface area contributed by atoms with Crippen LogP contribution in [0.25, 0.3) is 0 Å². The largest absolute Gasteiger partial charge is 0.373 e. The van der Waals surface area contributed by atoms with E-state index in [1.165, 1.54) is 0 Å². The Kier molecular flexibility index (Phi) is 3.96. The van der Waals surface area contributed by atoms with Crippen LogP contribution in [0.5, 0.6) is 0 Å². The van der Waals surface area contributed by atoms with Crippen LogP contribution in [-0.2, 0) is 11.2 Å². The van der Waals surface area contributed by atoms with Gasteiger partial charge in [0.2, 0.25) is 5.91 Å². The average Bonchev–Trinajstić information content (AvgIpc) is 2.81. The van der Waals surface area contributed by atoms with Gasteiger partial charge < -0.3 is 16.0 Å². The summed E-state index contributed by atoms with van der Waals surface area (Å²) < 4.78 is 0. The summed E-state index contributed by atoms with van der Waals surface area (Å²) in [6.45, 7) is 2.78. The first kappa shape index (κ1) is 12.6. The highest BCUT2D eigenvalue weighted by atomic mass is 16.1. The third-order valence-corrected chi connectivity index (χ3v) is 3.14. The van der Waals surface area contributed by atoms with E-state index in [0.717, 1.165) is 30.0 Å². The molecule has 98 valence electrons. The van der Waals surface area contributed by atoms with Crippen LogP contribution in [0.4, 0.5) is 11.6 Å². The minimum absolute atomic E-state index is 0.135. The number of anilines is 2. The standard InChI is InChI=1S/C12H19N5O/c1-3-9-11(13-2)15-7-16-12(9)14-6-8-4-5-10(18)17-8/h7-8H,3-6H2,1-2H3,(H,17,18)(H2,13,14,15,16). The molecule has 0 aliphatic carbocycles. The molecule has 3 N–H and O–H groups in total. The van der Waals surface area contributed by atoms with Crippen molar-refractivity contribution in [3.63, 3.8) is 0 Å². The number of amides is 1. The van der Waals surface area contributed by atoms with E-state index in [0.29, 0.717) is 13.0 Å². The lowest BCUT2D eigenvalue weighted by atomic mass is 10.2. The predicted molar refractivity (Wildman–Crippen MR) is 70.6 cm³/mol. The Labute approximate surface area is 107 Å². The molecule has 6 nitrogen and oxygen atoms in total. The number of nitrogens with zero attached hydrogens (tertiary/aromatic N) is 2. The molecule has 1 aromatic heterocycles. The molecule has 6 heteroatoms. The fourth-order valence-electron chi connectivity index (χ4n) is 2.17. The van der Waals surface area contributed by atoms with Crippen molar-refractivity contribution < 1.29 is 4.79 Å². The van der Waals surface area contributed by atoms with Gasteiger partial charge in [-0.25, -0.2) is 9.97 Å². The molecule has 1 atom stereocenters. The quantitative estimate of drug-likeness (QED) is 0.718. The molecule has 1 fully saturated rings. The molecule has 0 spiro atoms. The molecule has 1 aliphatic heterocycles. The summed E-state index contributed by atoms with van der Waals surface area (Å²) in [4.78, 5) is 19.6. The number of rotatable bonds is 5. The SMILES string of the molecule is CCc1c(NC)ncnc1NCC1CCC(=O)N1. The van der Waals surface area contributed by atoms with Crippen LogP contribution in [0.1, 0.15) is 25.3 Å². The first-order valence-electron chi connectivity index (χ1n) is 6.29. The molecule has 1 amide bonds. The second kappa shape index (κ2) is 5.66. The van der Waals surface area contributed by atoms with Crippen LogP contribution in [-0.4, -0.2) is 35.5 Å². The van der Waals surface area contributed by atoms with Crippen molar-refractivity contribution in [1.82, 2.24) is 15.3 Å². The highest BCUT2D eigenvalue weighted by Crippen LogP contribution is 2.20. The van der Waals surface area contributed by atoms with Gasteiger partial charge in [-0.2, -0.15) is 0 Å². The van der Waals surface area contributed by atoms with E-state index in [1.54, 1.807) is 6.33 Å². The Hall–Kier alpha value is -1.85. The second-order valence-corrected chi connectivity index (χ2v) is 4.34. The van der Waals surface area contributed by atoms with E-state index in [1.807, 2.05) is 7.05 Å². The molecule has 0 aromatic carbocycles. The summed E-state index contributed by atoms with van der Waals surface area (Å²) in [5.41, 5.74) is 1.07. The minimum Gasteiger partial charge on any atom is -0.373 e. The highest BCUT2D eigenvalue weighted by molar-refractivity contribution is 5.78. The first-order chi connectivity index (χ1) is 8.74. The zero-order valence-corrected chi connectivity index (χ0v) is 10.8. The minimum atomic E-state index is 0.135. The van der Waals surface area contributed by atoms with Gasteiger partial charge in [0.15, 0.2) is 0 Å². The average molecular weight is 249 g/mol. The number of hydrogen-bond donors (Lipinski definition) is 3. The van der Waals surface area contributed by atoms with Crippen LogP contribution in [0.15, 0.2) is 6.33 Å². The fraction of sp³-hybridized carbons (Fsp3) is 0.583. The molecule has 0 radical (unpaired) electrons. The van der Waals surface area contributed by atoms with Gasteiger partial charge in [0.1, 0.15) is 18.0 Å².